The third-order valence-corrected chi connectivity index (χ3v) is 4.97. The molecule has 7 nitrogen and oxygen atoms in total. The molecule has 0 aliphatic heterocycles. The Hall–Kier alpha value is -2.70. The van der Waals surface area contributed by atoms with Crippen LogP contribution in [0.2, 0.25) is 0 Å². The molecule has 0 atom stereocenters. The number of rotatable bonds is 8. The number of ether oxygens (including phenoxy) is 3. The van der Waals surface area contributed by atoms with Gasteiger partial charge in [-0.3, -0.25) is 4.79 Å². The van der Waals surface area contributed by atoms with E-state index in [9.17, 15) is 4.79 Å². The molecule has 1 aromatic heterocycles. The first-order valence-corrected chi connectivity index (χ1v) is 9.28. The molecule has 1 heterocycles. The zero-order valence-electron chi connectivity index (χ0n) is 16.2. The molecule has 1 fully saturated rings. The molecule has 7 heteroatoms. The molecule has 1 aliphatic rings. The number of anilines is 1. The molecule has 1 saturated carbocycles. The third kappa shape index (κ3) is 4.35. The minimum absolute atomic E-state index is 0.0384. The third-order valence-electron chi connectivity index (χ3n) is 4.97. The Kier molecular flexibility index (Phi) is 6.21. The molecule has 1 N–H and O–H groups in total. The fraction of sp³-hybridized carbons (Fsp3) is 0.500. The van der Waals surface area contributed by atoms with Crippen molar-refractivity contribution in [1.29, 1.82) is 0 Å². The fourth-order valence-electron chi connectivity index (χ4n) is 3.60. The quantitative estimate of drug-likeness (QED) is 0.765. The summed E-state index contributed by atoms with van der Waals surface area (Å²) in [5.74, 6) is 2.46. The SMILES string of the molecule is COc1cc(CCC(=O)Nc2ccnn2C2CCCC2)cc(OC)c1OC. The van der Waals surface area contributed by atoms with Crippen molar-refractivity contribution >= 4 is 11.7 Å². The van der Waals surface area contributed by atoms with Gasteiger partial charge in [0.15, 0.2) is 11.5 Å². The van der Waals surface area contributed by atoms with Crippen LogP contribution in [0.5, 0.6) is 17.2 Å². The molecule has 3 rings (SSSR count). The lowest BCUT2D eigenvalue weighted by Gasteiger charge is -2.15. The first-order valence-electron chi connectivity index (χ1n) is 9.28. The minimum atomic E-state index is -0.0384. The van der Waals surface area contributed by atoms with Crippen LogP contribution in [0.25, 0.3) is 0 Å². The maximum atomic E-state index is 12.4. The first kappa shape index (κ1) is 19.1. The van der Waals surface area contributed by atoms with E-state index in [2.05, 4.69) is 10.4 Å². The maximum Gasteiger partial charge on any atom is 0.225 e. The minimum Gasteiger partial charge on any atom is -0.493 e. The summed E-state index contributed by atoms with van der Waals surface area (Å²) >= 11 is 0. The van der Waals surface area contributed by atoms with Crippen LogP contribution >= 0.6 is 0 Å². The maximum absolute atomic E-state index is 12.4. The van der Waals surface area contributed by atoms with Gasteiger partial charge in [0, 0.05) is 12.5 Å². The molecule has 0 unspecified atom stereocenters. The van der Waals surface area contributed by atoms with E-state index in [0.29, 0.717) is 36.1 Å². The van der Waals surface area contributed by atoms with Gasteiger partial charge >= 0.3 is 0 Å². The second-order valence-electron chi connectivity index (χ2n) is 6.68. The predicted octanol–water partition coefficient (Wildman–Crippen LogP) is 3.60. The predicted molar refractivity (Wildman–Crippen MR) is 103 cm³/mol. The van der Waals surface area contributed by atoms with Crippen LogP contribution in [-0.2, 0) is 11.2 Å². The van der Waals surface area contributed by atoms with Gasteiger partial charge in [0.2, 0.25) is 11.7 Å². The van der Waals surface area contributed by atoms with Crippen molar-refractivity contribution < 1.29 is 19.0 Å². The number of carbonyl (C=O) groups excluding carboxylic acids is 1. The Morgan fingerprint density at radius 2 is 1.81 bits per heavy atom. The number of aromatic nitrogens is 2. The Morgan fingerprint density at radius 3 is 2.41 bits per heavy atom. The first-order chi connectivity index (χ1) is 13.2. The summed E-state index contributed by atoms with van der Waals surface area (Å²) in [6.45, 7) is 0. The van der Waals surface area contributed by atoms with Gasteiger partial charge in [0.1, 0.15) is 5.82 Å². The number of hydrogen-bond donors (Lipinski definition) is 1. The number of nitrogens with one attached hydrogen (secondary N) is 1. The number of aryl methyl sites for hydroxylation is 1. The normalized spacial score (nSPS) is 14.2. The van der Waals surface area contributed by atoms with E-state index in [4.69, 9.17) is 14.2 Å². The Morgan fingerprint density at radius 1 is 1.15 bits per heavy atom. The lowest BCUT2D eigenvalue weighted by Crippen LogP contribution is -2.18. The van der Waals surface area contributed by atoms with E-state index in [1.54, 1.807) is 27.5 Å². The lowest BCUT2D eigenvalue weighted by molar-refractivity contribution is -0.116. The van der Waals surface area contributed by atoms with Crippen LogP contribution in [0.1, 0.15) is 43.7 Å². The number of methoxy groups -OCH3 is 3. The molecule has 0 saturated heterocycles. The summed E-state index contributed by atoms with van der Waals surface area (Å²) in [4.78, 5) is 12.4. The topological polar surface area (TPSA) is 74.6 Å². The summed E-state index contributed by atoms with van der Waals surface area (Å²) in [7, 11) is 4.73. The number of hydrogen-bond acceptors (Lipinski definition) is 5. The Bertz CT molecular complexity index is 756. The summed E-state index contributed by atoms with van der Waals surface area (Å²) in [6.07, 6.45) is 7.35. The number of benzene rings is 1. The van der Waals surface area contributed by atoms with Crippen LogP contribution in [0.15, 0.2) is 24.4 Å². The molecular weight excluding hydrogens is 346 g/mol. The highest BCUT2D eigenvalue weighted by atomic mass is 16.5. The Labute approximate surface area is 159 Å². The highest BCUT2D eigenvalue weighted by Crippen LogP contribution is 2.38. The summed E-state index contributed by atoms with van der Waals surface area (Å²) < 4.78 is 18.0. The van der Waals surface area contributed by atoms with Crippen molar-refractivity contribution in [3.05, 3.63) is 30.0 Å². The molecule has 0 bridgehead atoms. The van der Waals surface area contributed by atoms with E-state index < -0.39 is 0 Å². The van der Waals surface area contributed by atoms with Gasteiger partial charge in [-0.15, -0.1) is 0 Å². The molecule has 0 spiro atoms. The van der Waals surface area contributed by atoms with Gasteiger partial charge in [-0.05, 0) is 37.0 Å². The number of amides is 1. The van der Waals surface area contributed by atoms with Crippen LogP contribution in [0.3, 0.4) is 0 Å². The van der Waals surface area contributed by atoms with Crippen molar-refractivity contribution in [2.24, 2.45) is 0 Å². The second kappa shape index (κ2) is 8.79. The van der Waals surface area contributed by atoms with Gasteiger partial charge in [-0.25, -0.2) is 4.68 Å². The van der Waals surface area contributed by atoms with Gasteiger partial charge in [-0.1, -0.05) is 12.8 Å². The summed E-state index contributed by atoms with van der Waals surface area (Å²) in [5, 5.41) is 7.38. The van der Waals surface area contributed by atoms with Crippen LogP contribution in [0.4, 0.5) is 5.82 Å². The van der Waals surface area contributed by atoms with Crippen molar-refractivity contribution in [1.82, 2.24) is 9.78 Å². The van der Waals surface area contributed by atoms with Crippen molar-refractivity contribution in [2.45, 2.75) is 44.6 Å². The zero-order valence-corrected chi connectivity index (χ0v) is 16.2. The number of nitrogens with zero attached hydrogens (tertiary/aromatic N) is 2. The molecule has 146 valence electrons. The summed E-state index contributed by atoms with van der Waals surface area (Å²) in [5.41, 5.74) is 0.948. The smallest absolute Gasteiger partial charge is 0.225 e. The highest BCUT2D eigenvalue weighted by molar-refractivity contribution is 5.90. The van der Waals surface area contributed by atoms with Crippen molar-refractivity contribution in [3.8, 4) is 17.2 Å². The van der Waals surface area contributed by atoms with Crippen molar-refractivity contribution in [3.63, 3.8) is 0 Å². The van der Waals surface area contributed by atoms with E-state index >= 15 is 0 Å². The summed E-state index contributed by atoms with van der Waals surface area (Å²) in [6, 6.07) is 6.00. The van der Waals surface area contributed by atoms with E-state index in [-0.39, 0.29) is 5.91 Å². The largest absolute Gasteiger partial charge is 0.493 e. The van der Waals surface area contributed by atoms with Crippen LogP contribution in [0, 0.1) is 0 Å². The van der Waals surface area contributed by atoms with Gasteiger partial charge < -0.3 is 19.5 Å². The fourth-order valence-corrected chi connectivity index (χ4v) is 3.60. The molecule has 2 aromatic rings. The van der Waals surface area contributed by atoms with E-state index in [1.165, 1.54) is 12.8 Å². The van der Waals surface area contributed by atoms with Gasteiger partial charge in [-0.2, -0.15) is 5.10 Å². The molecular formula is C20H27N3O4. The second-order valence-corrected chi connectivity index (χ2v) is 6.68. The lowest BCUT2D eigenvalue weighted by atomic mass is 10.1. The van der Waals surface area contributed by atoms with E-state index in [0.717, 1.165) is 24.2 Å². The standard InChI is InChI=1S/C20H27N3O4/c1-25-16-12-14(13-17(26-2)20(16)27-3)8-9-19(24)22-18-10-11-21-23(18)15-6-4-5-7-15/h10-13,15H,4-9H2,1-3H3,(H,22,24). The van der Waals surface area contributed by atoms with Gasteiger partial charge in [0.25, 0.3) is 0 Å². The molecule has 0 radical (unpaired) electrons. The molecule has 1 aromatic carbocycles. The highest BCUT2D eigenvalue weighted by Gasteiger charge is 2.20. The van der Waals surface area contributed by atoms with Crippen LogP contribution in [-0.4, -0.2) is 37.0 Å². The van der Waals surface area contributed by atoms with Crippen molar-refractivity contribution in [2.75, 3.05) is 26.6 Å². The molecule has 1 amide bonds. The number of carbonyl (C=O) groups is 1. The Balaban J connectivity index is 1.64. The van der Waals surface area contributed by atoms with E-state index in [1.807, 2.05) is 22.9 Å². The monoisotopic (exact) mass is 373 g/mol. The molecule has 27 heavy (non-hydrogen) atoms. The molecule has 1 aliphatic carbocycles. The zero-order chi connectivity index (χ0) is 19.2. The van der Waals surface area contributed by atoms with Crippen LogP contribution < -0.4 is 19.5 Å². The van der Waals surface area contributed by atoms with Gasteiger partial charge in [0.05, 0.1) is 33.6 Å². The average Bonchev–Trinajstić information content (AvgIpc) is 3.36. The average molecular weight is 373 g/mol.